The van der Waals surface area contributed by atoms with Crippen LogP contribution in [0.25, 0.3) is 11.0 Å². The number of sulfonamides is 1. The highest BCUT2D eigenvalue weighted by Crippen LogP contribution is 2.37. The Morgan fingerprint density at radius 3 is 2.70 bits per heavy atom. The van der Waals surface area contributed by atoms with Crippen LogP contribution in [0.5, 0.6) is 0 Å². The molecule has 1 unspecified atom stereocenters. The van der Waals surface area contributed by atoms with Gasteiger partial charge in [-0.15, -0.1) is 11.3 Å². The minimum atomic E-state index is -3.74. The molecule has 0 aliphatic carbocycles. The summed E-state index contributed by atoms with van der Waals surface area (Å²) in [7, 11) is -3.74. The second-order valence-corrected chi connectivity index (χ2v) is 14.8. The Labute approximate surface area is 281 Å². The molecule has 0 amide bonds. The quantitative estimate of drug-likeness (QED) is 0.0766. The number of H-pyrrole nitrogens is 1. The van der Waals surface area contributed by atoms with E-state index in [1.54, 1.807) is 41.8 Å². The second kappa shape index (κ2) is 15.4. The molecule has 1 aliphatic rings. The van der Waals surface area contributed by atoms with Gasteiger partial charge in [0.15, 0.2) is 5.13 Å². The second-order valence-electron chi connectivity index (χ2n) is 12.3. The molecule has 0 saturated carbocycles. The molecule has 47 heavy (non-hydrogen) atoms. The normalized spacial score (nSPS) is 13.7. The lowest BCUT2D eigenvalue weighted by Crippen LogP contribution is -2.23. The van der Waals surface area contributed by atoms with E-state index in [2.05, 4.69) is 37.2 Å². The SMILES string of the molecule is CCCCCCCCc1csc(N2CCc3cc(S(=O)(=O)Nc4ccc(CCNCC(O)c5cnc6[nH]ccc6c5)cc4)ccc32)n1. The summed E-state index contributed by atoms with van der Waals surface area (Å²) in [4.78, 5) is 14.8. The van der Waals surface area contributed by atoms with Crippen LogP contribution in [0.1, 0.15) is 73.9 Å². The Kier molecular flexibility index (Phi) is 10.9. The van der Waals surface area contributed by atoms with Gasteiger partial charge < -0.3 is 20.3 Å². The van der Waals surface area contributed by atoms with Crippen LogP contribution in [0, 0.1) is 0 Å². The summed E-state index contributed by atoms with van der Waals surface area (Å²) in [6.45, 7) is 4.13. The van der Waals surface area contributed by atoms with Crippen LogP contribution in [0.3, 0.4) is 0 Å². The average molecular weight is 673 g/mol. The van der Waals surface area contributed by atoms with E-state index in [0.29, 0.717) is 18.8 Å². The molecule has 0 spiro atoms. The lowest BCUT2D eigenvalue weighted by Gasteiger charge is -2.16. The molecule has 1 atom stereocenters. The number of nitrogens with zero attached hydrogens (tertiary/aromatic N) is 3. The summed E-state index contributed by atoms with van der Waals surface area (Å²) in [5.74, 6) is 0. The molecule has 0 radical (unpaired) electrons. The number of fused-ring (bicyclic) bond motifs is 2. The smallest absolute Gasteiger partial charge is 0.261 e. The van der Waals surface area contributed by atoms with Gasteiger partial charge in [-0.2, -0.15) is 0 Å². The van der Waals surface area contributed by atoms with E-state index in [1.165, 1.54) is 38.5 Å². The van der Waals surface area contributed by atoms with Gasteiger partial charge in [0.25, 0.3) is 10.0 Å². The summed E-state index contributed by atoms with van der Waals surface area (Å²) in [6.07, 6.45) is 13.0. The molecule has 0 saturated heterocycles. The highest BCUT2D eigenvalue weighted by molar-refractivity contribution is 7.92. The lowest BCUT2D eigenvalue weighted by molar-refractivity contribution is 0.175. The summed E-state index contributed by atoms with van der Waals surface area (Å²) in [6, 6.07) is 16.7. The highest BCUT2D eigenvalue weighted by atomic mass is 32.2. The number of anilines is 3. The zero-order valence-electron chi connectivity index (χ0n) is 26.9. The molecule has 9 nitrogen and oxygen atoms in total. The Morgan fingerprint density at radius 1 is 1.02 bits per heavy atom. The van der Waals surface area contributed by atoms with E-state index in [4.69, 9.17) is 4.98 Å². The monoisotopic (exact) mass is 672 g/mol. The van der Waals surface area contributed by atoms with Gasteiger partial charge in [-0.25, -0.2) is 18.4 Å². The number of hydrogen-bond donors (Lipinski definition) is 4. The molecular formula is C36H44N6O3S2. The predicted molar refractivity (Wildman–Crippen MR) is 191 cm³/mol. The first-order chi connectivity index (χ1) is 22.9. The van der Waals surface area contributed by atoms with Crippen LogP contribution < -0.4 is 14.9 Å². The topological polar surface area (TPSA) is 123 Å². The molecule has 5 aromatic rings. The van der Waals surface area contributed by atoms with Crippen molar-refractivity contribution in [2.75, 3.05) is 29.3 Å². The van der Waals surface area contributed by atoms with Crippen LogP contribution in [0.15, 0.2) is 77.3 Å². The minimum Gasteiger partial charge on any atom is -0.387 e. The van der Waals surface area contributed by atoms with Crippen LogP contribution >= 0.6 is 11.3 Å². The van der Waals surface area contributed by atoms with Crippen molar-refractivity contribution in [3.05, 3.63) is 94.8 Å². The van der Waals surface area contributed by atoms with Crippen molar-refractivity contribution in [2.45, 2.75) is 75.7 Å². The zero-order chi connectivity index (χ0) is 32.6. The van der Waals surface area contributed by atoms with Gasteiger partial charge in [0.05, 0.1) is 16.7 Å². The van der Waals surface area contributed by atoms with E-state index in [9.17, 15) is 13.5 Å². The molecule has 3 aromatic heterocycles. The number of thiazole rings is 1. The third-order valence-electron chi connectivity index (χ3n) is 8.75. The lowest BCUT2D eigenvalue weighted by atomic mass is 10.1. The van der Waals surface area contributed by atoms with Crippen molar-refractivity contribution < 1.29 is 13.5 Å². The summed E-state index contributed by atoms with van der Waals surface area (Å²) >= 11 is 1.67. The number of rotatable bonds is 17. The molecule has 1 aliphatic heterocycles. The number of aliphatic hydroxyl groups excluding tert-OH is 1. The first kappa shape index (κ1) is 33.1. The Hall–Kier alpha value is -3.77. The van der Waals surface area contributed by atoms with E-state index < -0.39 is 16.1 Å². The zero-order valence-corrected chi connectivity index (χ0v) is 28.5. The van der Waals surface area contributed by atoms with Crippen molar-refractivity contribution in [2.24, 2.45) is 0 Å². The molecule has 0 bridgehead atoms. The van der Waals surface area contributed by atoms with Crippen LogP contribution in [-0.4, -0.2) is 48.1 Å². The molecule has 6 rings (SSSR count). The maximum Gasteiger partial charge on any atom is 0.261 e. The van der Waals surface area contributed by atoms with Crippen molar-refractivity contribution in [1.82, 2.24) is 20.3 Å². The largest absolute Gasteiger partial charge is 0.387 e. The van der Waals surface area contributed by atoms with Gasteiger partial charge in [-0.05, 0) is 85.8 Å². The Morgan fingerprint density at radius 2 is 1.85 bits per heavy atom. The molecule has 248 valence electrons. The Bertz CT molecular complexity index is 1870. The Balaban J connectivity index is 0.977. The molecular weight excluding hydrogens is 629 g/mol. The van der Waals surface area contributed by atoms with Crippen LogP contribution in [0.2, 0.25) is 0 Å². The average Bonchev–Trinajstić information content (AvgIpc) is 3.84. The maximum atomic E-state index is 13.3. The number of aliphatic hydroxyl groups is 1. The van der Waals surface area contributed by atoms with Crippen LogP contribution in [-0.2, 0) is 29.3 Å². The van der Waals surface area contributed by atoms with Gasteiger partial charge in [-0.3, -0.25) is 4.72 Å². The number of pyridine rings is 1. The third-order valence-corrected chi connectivity index (χ3v) is 11.0. The summed E-state index contributed by atoms with van der Waals surface area (Å²) in [5, 5.41) is 18.0. The maximum absolute atomic E-state index is 13.3. The molecule has 11 heteroatoms. The van der Waals surface area contributed by atoms with Crippen LogP contribution in [0.4, 0.5) is 16.5 Å². The first-order valence-electron chi connectivity index (χ1n) is 16.7. The number of aryl methyl sites for hydroxylation is 1. The predicted octanol–water partition coefficient (Wildman–Crippen LogP) is 7.28. The number of benzene rings is 2. The van der Waals surface area contributed by atoms with E-state index in [-0.39, 0.29) is 4.90 Å². The minimum absolute atomic E-state index is 0.263. The van der Waals surface area contributed by atoms with E-state index >= 15 is 0 Å². The highest BCUT2D eigenvalue weighted by Gasteiger charge is 2.25. The fourth-order valence-electron chi connectivity index (χ4n) is 6.05. The number of unbranched alkanes of at least 4 members (excludes halogenated alkanes) is 5. The van der Waals surface area contributed by atoms with Gasteiger partial charge in [0.2, 0.25) is 0 Å². The van der Waals surface area contributed by atoms with Crippen molar-refractivity contribution in [3.8, 4) is 0 Å². The molecule has 2 aromatic carbocycles. The van der Waals surface area contributed by atoms with Gasteiger partial charge in [-0.1, -0.05) is 51.2 Å². The summed E-state index contributed by atoms with van der Waals surface area (Å²) in [5.41, 5.74) is 6.38. The molecule has 4 N–H and O–H groups in total. The van der Waals surface area contributed by atoms with E-state index in [1.807, 2.05) is 36.5 Å². The standard InChI is InChI=1S/C36H44N6O3S2/c1-2-3-4-5-6-7-8-31-25-46-36(40-31)42-20-17-27-22-32(13-14-33(27)42)47(44,45)41-30-11-9-26(10-12-30)15-18-37-24-34(43)29-21-28-16-19-38-35(28)39-23-29/h9-14,16,19,21-23,25,34,37,41,43H,2-8,15,17-18,20,24H2,1H3,(H,38,39). The van der Waals surface area contributed by atoms with Gasteiger partial charge >= 0.3 is 0 Å². The fourth-order valence-corrected chi connectivity index (χ4v) is 8.06. The number of hydrogen-bond acceptors (Lipinski definition) is 8. The first-order valence-corrected chi connectivity index (χ1v) is 19.0. The summed E-state index contributed by atoms with van der Waals surface area (Å²) < 4.78 is 29.3. The fraction of sp³-hybridized carbons (Fsp3) is 0.389. The third kappa shape index (κ3) is 8.39. The number of nitrogens with one attached hydrogen (secondary N) is 3. The number of aromatic nitrogens is 3. The van der Waals surface area contributed by atoms with Crippen molar-refractivity contribution in [1.29, 1.82) is 0 Å². The number of aromatic amines is 1. The van der Waals surface area contributed by atoms with Gasteiger partial charge in [0.1, 0.15) is 5.65 Å². The van der Waals surface area contributed by atoms with Gasteiger partial charge in [0, 0.05) is 53.2 Å². The molecule has 4 heterocycles. The van der Waals surface area contributed by atoms with E-state index in [0.717, 1.165) is 70.0 Å². The molecule has 0 fully saturated rings. The van der Waals surface area contributed by atoms with Crippen molar-refractivity contribution >= 4 is 48.9 Å². The van der Waals surface area contributed by atoms with Crippen molar-refractivity contribution in [3.63, 3.8) is 0 Å².